The minimum absolute atomic E-state index is 0.0376. The Hall–Kier alpha value is -1.58. The summed E-state index contributed by atoms with van der Waals surface area (Å²) in [5.74, 6) is 0.125. The van der Waals surface area contributed by atoms with Crippen molar-refractivity contribution in [1.82, 2.24) is 4.98 Å². The van der Waals surface area contributed by atoms with Gasteiger partial charge in [0.05, 0.1) is 0 Å². The maximum absolute atomic E-state index is 12.0. The van der Waals surface area contributed by atoms with E-state index < -0.39 is 6.67 Å². The van der Waals surface area contributed by atoms with Gasteiger partial charge < -0.3 is 9.52 Å². The predicted octanol–water partition coefficient (Wildman–Crippen LogP) is 2.00. The number of benzene rings is 1. The molecule has 1 aromatic carbocycles. The Kier molecular flexibility index (Phi) is 1.46. The normalized spacial score (nSPS) is 10.8. The van der Waals surface area contributed by atoms with E-state index in [0.29, 0.717) is 11.1 Å². The third-order valence-corrected chi connectivity index (χ3v) is 1.53. The first-order valence-electron chi connectivity index (χ1n) is 3.44. The van der Waals surface area contributed by atoms with Crippen molar-refractivity contribution < 1.29 is 13.9 Å². The van der Waals surface area contributed by atoms with Crippen LogP contribution in [0.15, 0.2) is 22.6 Å². The molecule has 4 heteroatoms. The number of oxazole rings is 1. The molecule has 0 spiro atoms. The van der Waals surface area contributed by atoms with Gasteiger partial charge in [-0.15, -0.1) is 0 Å². The number of aromatic nitrogens is 1. The van der Waals surface area contributed by atoms with Gasteiger partial charge in [0.25, 0.3) is 0 Å². The van der Waals surface area contributed by atoms with Crippen LogP contribution < -0.4 is 0 Å². The first kappa shape index (κ1) is 7.09. The van der Waals surface area contributed by atoms with Crippen LogP contribution >= 0.6 is 0 Å². The van der Waals surface area contributed by atoms with Gasteiger partial charge in [0.1, 0.15) is 11.3 Å². The molecule has 1 N–H and O–H groups in total. The Morgan fingerprint density at radius 2 is 2.33 bits per heavy atom. The lowest BCUT2D eigenvalue weighted by Crippen LogP contribution is -1.73. The lowest BCUT2D eigenvalue weighted by atomic mass is 10.3. The Morgan fingerprint density at radius 1 is 1.50 bits per heavy atom. The van der Waals surface area contributed by atoms with Crippen molar-refractivity contribution in [2.75, 3.05) is 0 Å². The second-order valence-electron chi connectivity index (χ2n) is 2.39. The van der Waals surface area contributed by atoms with E-state index in [2.05, 4.69) is 4.98 Å². The fourth-order valence-corrected chi connectivity index (χ4v) is 1.02. The fourth-order valence-electron chi connectivity index (χ4n) is 1.02. The van der Waals surface area contributed by atoms with Gasteiger partial charge >= 0.3 is 0 Å². The molecule has 0 saturated carbocycles. The number of phenols is 1. The van der Waals surface area contributed by atoms with E-state index in [1.54, 1.807) is 6.07 Å². The summed E-state index contributed by atoms with van der Waals surface area (Å²) in [4.78, 5) is 3.82. The third-order valence-electron chi connectivity index (χ3n) is 1.53. The summed E-state index contributed by atoms with van der Waals surface area (Å²) in [6, 6.07) is 4.46. The summed E-state index contributed by atoms with van der Waals surface area (Å²) in [6.07, 6.45) is 0. The third kappa shape index (κ3) is 1.01. The fraction of sp³-hybridized carbons (Fsp3) is 0.125. The molecular weight excluding hydrogens is 161 g/mol. The molecule has 0 amide bonds. The summed E-state index contributed by atoms with van der Waals surface area (Å²) >= 11 is 0. The first-order chi connectivity index (χ1) is 5.79. The zero-order chi connectivity index (χ0) is 8.55. The van der Waals surface area contributed by atoms with Crippen LogP contribution in [0.3, 0.4) is 0 Å². The molecule has 1 heterocycles. The number of alkyl halides is 1. The number of phenolic OH excluding ortho intramolecular Hbond substituents is 1. The summed E-state index contributed by atoms with van der Waals surface area (Å²) < 4.78 is 17.0. The minimum atomic E-state index is -0.727. The molecule has 0 saturated heterocycles. The highest BCUT2D eigenvalue weighted by Crippen LogP contribution is 2.20. The molecule has 12 heavy (non-hydrogen) atoms. The molecule has 0 aliphatic heterocycles. The number of halogens is 1. The number of aromatic hydroxyl groups is 1. The largest absolute Gasteiger partial charge is 0.508 e. The Labute approximate surface area is 67.5 Å². The summed E-state index contributed by atoms with van der Waals surface area (Å²) in [7, 11) is 0. The van der Waals surface area contributed by atoms with Gasteiger partial charge in [-0.1, -0.05) is 0 Å². The van der Waals surface area contributed by atoms with Crippen LogP contribution in [0.2, 0.25) is 0 Å². The van der Waals surface area contributed by atoms with Crippen molar-refractivity contribution >= 4 is 11.1 Å². The van der Waals surface area contributed by atoms with E-state index in [-0.39, 0.29) is 11.6 Å². The van der Waals surface area contributed by atoms with Crippen LogP contribution in [0.5, 0.6) is 5.75 Å². The summed E-state index contributed by atoms with van der Waals surface area (Å²) in [5, 5.41) is 9.03. The SMILES string of the molecule is Oc1ccc2nc(CF)oc2c1. The van der Waals surface area contributed by atoms with Crippen molar-refractivity contribution in [3.05, 3.63) is 24.1 Å². The summed E-state index contributed by atoms with van der Waals surface area (Å²) in [6.45, 7) is -0.727. The standard InChI is InChI=1S/C8H6FNO2/c9-4-8-10-6-2-1-5(11)3-7(6)12-8/h1-3,11H,4H2. The van der Waals surface area contributed by atoms with E-state index in [0.717, 1.165) is 0 Å². The Morgan fingerprint density at radius 3 is 3.08 bits per heavy atom. The highest BCUT2D eigenvalue weighted by atomic mass is 19.1. The average Bonchev–Trinajstić information content (AvgIpc) is 2.46. The van der Waals surface area contributed by atoms with Gasteiger partial charge in [-0.2, -0.15) is 0 Å². The van der Waals surface area contributed by atoms with Crippen LogP contribution in [0.1, 0.15) is 5.89 Å². The maximum Gasteiger partial charge on any atom is 0.226 e. The van der Waals surface area contributed by atoms with E-state index in [4.69, 9.17) is 9.52 Å². The van der Waals surface area contributed by atoms with Gasteiger partial charge in [-0.3, -0.25) is 0 Å². The molecule has 0 bridgehead atoms. The smallest absolute Gasteiger partial charge is 0.226 e. The molecule has 0 atom stereocenters. The molecule has 0 fully saturated rings. The van der Waals surface area contributed by atoms with E-state index in [1.165, 1.54) is 12.1 Å². The van der Waals surface area contributed by atoms with E-state index >= 15 is 0 Å². The monoisotopic (exact) mass is 167 g/mol. The van der Waals surface area contributed by atoms with Gasteiger partial charge in [0.2, 0.25) is 5.89 Å². The van der Waals surface area contributed by atoms with Crippen molar-refractivity contribution in [3.8, 4) is 5.75 Å². The Balaban J connectivity index is 2.67. The number of nitrogens with zero attached hydrogens (tertiary/aromatic N) is 1. The van der Waals surface area contributed by atoms with Gasteiger partial charge in [-0.25, -0.2) is 9.37 Å². The van der Waals surface area contributed by atoms with Gasteiger partial charge in [-0.05, 0) is 12.1 Å². The second kappa shape index (κ2) is 2.48. The van der Waals surface area contributed by atoms with E-state index in [9.17, 15) is 4.39 Å². The molecular formula is C8H6FNO2. The molecule has 0 aliphatic rings. The van der Waals surface area contributed by atoms with Crippen LogP contribution in [0.25, 0.3) is 11.1 Å². The van der Waals surface area contributed by atoms with Crippen LogP contribution in [-0.2, 0) is 6.67 Å². The van der Waals surface area contributed by atoms with Crippen molar-refractivity contribution in [3.63, 3.8) is 0 Å². The maximum atomic E-state index is 12.0. The molecule has 0 radical (unpaired) electrons. The molecule has 1 aromatic heterocycles. The van der Waals surface area contributed by atoms with Crippen LogP contribution in [0.4, 0.5) is 4.39 Å². The average molecular weight is 167 g/mol. The van der Waals surface area contributed by atoms with Crippen molar-refractivity contribution in [2.24, 2.45) is 0 Å². The number of fused-ring (bicyclic) bond motifs is 1. The molecule has 2 aromatic rings. The lowest BCUT2D eigenvalue weighted by Gasteiger charge is -1.87. The molecule has 2 rings (SSSR count). The van der Waals surface area contributed by atoms with Crippen molar-refractivity contribution in [2.45, 2.75) is 6.67 Å². The number of hydrogen-bond acceptors (Lipinski definition) is 3. The molecule has 0 unspecified atom stereocenters. The molecule has 0 aliphatic carbocycles. The van der Waals surface area contributed by atoms with E-state index in [1.807, 2.05) is 0 Å². The quantitative estimate of drug-likeness (QED) is 0.706. The molecule has 3 nitrogen and oxygen atoms in total. The highest BCUT2D eigenvalue weighted by molar-refractivity contribution is 5.74. The van der Waals surface area contributed by atoms with Gasteiger partial charge in [0, 0.05) is 6.07 Å². The zero-order valence-electron chi connectivity index (χ0n) is 6.12. The van der Waals surface area contributed by atoms with Crippen molar-refractivity contribution in [1.29, 1.82) is 0 Å². The summed E-state index contributed by atoms with van der Waals surface area (Å²) in [5.41, 5.74) is 0.961. The van der Waals surface area contributed by atoms with Crippen LogP contribution in [0, 0.1) is 0 Å². The predicted molar refractivity (Wildman–Crippen MR) is 40.5 cm³/mol. The number of rotatable bonds is 1. The second-order valence-corrected chi connectivity index (χ2v) is 2.39. The Bertz CT molecular complexity index is 410. The lowest BCUT2D eigenvalue weighted by molar-refractivity contribution is 0.392. The van der Waals surface area contributed by atoms with Crippen LogP contribution in [-0.4, -0.2) is 10.1 Å². The van der Waals surface area contributed by atoms with Gasteiger partial charge in [0.15, 0.2) is 12.3 Å². The molecule has 62 valence electrons. The number of hydrogen-bond donors (Lipinski definition) is 1. The minimum Gasteiger partial charge on any atom is -0.508 e. The zero-order valence-corrected chi connectivity index (χ0v) is 6.12. The first-order valence-corrected chi connectivity index (χ1v) is 3.44. The topological polar surface area (TPSA) is 46.3 Å². The highest BCUT2D eigenvalue weighted by Gasteiger charge is 2.04.